The van der Waals surface area contributed by atoms with E-state index in [1.807, 2.05) is 6.92 Å². The van der Waals surface area contributed by atoms with Crippen molar-refractivity contribution in [3.8, 4) is 0 Å². The van der Waals surface area contributed by atoms with E-state index in [0.717, 1.165) is 6.42 Å². The van der Waals surface area contributed by atoms with Gasteiger partial charge in [0, 0.05) is 13.1 Å². The highest BCUT2D eigenvalue weighted by molar-refractivity contribution is 7.96. The van der Waals surface area contributed by atoms with Gasteiger partial charge in [-0.15, -0.1) is 0 Å². The van der Waals surface area contributed by atoms with E-state index < -0.39 is 21.1 Å². The molecule has 0 fully saturated rings. The molecule has 13 heavy (non-hydrogen) atoms. The molecule has 78 valence electrons. The van der Waals surface area contributed by atoms with Gasteiger partial charge in [0.2, 0.25) is 0 Å². The van der Waals surface area contributed by atoms with Crippen LogP contribution in [0.3, 0.4) is 0 Å². The molecule has 1 amide bonds. The maximum Gasteiger partial charge on any atom is 0.278 e. The first-order valence-corrected chi connectivity index (χ1v) is 5.85. The first kappa shape index (κ1) is 12.7. The van der Waals surface area contributed by atoms with E-state index in [9.17, 15) is 13.2 Å². The van der Waals surface area contributed by atoms with Gasteiger partial charge >= 0.3 is 0 Å². The molecule has 1 N–H and O–H groups in total. The molecule has 0 aliphatic heterocycles. The quantitative estimate of drug-likeness (QED) is 0.534. The minimum Gasteiger partial charge on any atom is -0.333 e. The molecule has 0 bridgehead atoms. The molecule has 0 atom stereocenters. The number of amides is 1. The SMILES string of the molecule is CCCN(CCS(=O)(=O)O)C(=O)S. The largest absolute Gasteiger partial charge is 0.333 e. The first-order valence-electron chi connectivity index (χ1n) is 3.80. The molecule has 0 rings (SSSR count). The van der Waals surface area contributed by atoms with E-state index in [0.29, 0.717) is 6.54 Å². The van der Waals surface area contributed by atoms with Crippen molar-refractivity contribution in [2.45, 2.75) is 13.3 Å². The minimum atomic E-state index is -4.00. The Morgan fingerprint density at radius 1 is 1.46 bits per heavy atom. The highest BCUT2D eigenvalue weighted by Gasteiger charge is 2.12. The summed E-state index contributed by atoms with van der Waals surface area (Å²) in [5, 5.41) is -0.481. The average molecular weight is 227 g/mol. The van der Waals surface area contributed by atoms with Crippen molar-refractivity contribution < 1.29 is 17.8 Å². The molecule has 0 aromatic carbocycles. The van der Waals surface area contributed by atoms with Crippen LogP contribution < -0.4 is 0 Å². The Bertz CT molecular complexity index is 262. The van der Waals surface area contributed by atoms with Crippen LogP contribution in [-0.4, -0.2) is 42.0 Å². The molecule has 0 unspecified atom stereocenters. The Kier molecular flexibility index (Phi) is 5.34. The predicted molar refractivity (Wildman–Crippen MR) is 52.7 cm³/mol. The van der Waals surface area contributed by atoms with E-state index in [1.54, 1.807) is 0 Å². The lowest BCUT2D eigenvalue weighted by Crippen LogP contribution is -2.32. The number of carbonyl (C=O) groups is 1. The zero-order valence-corrected chi connectivity index (χ0v) is 9.01. The third-order valence-electron chi connectivity index (χ3n) is 1.38. The lowest BCUT2D eigenvalue weighted by molar-refractivity contribution is 0.226. The van der Waals surface area contributed by atoms with Crippen molar-refractivity contribution in [1.82, 2.24) is 4.90 Å². The van der Waals surface area contributed by atoms with E-state index in [-0.39, 0.29) is 6.54 Å². The van der Waals surface area contributed by atoms with Gasteiger partial charge in [0.25, 0.3) is 15.4 Å². The van der Waals surface area contributed by atoms with Crippen molar-refractivity contribution in [2.24, 2.45) is 0 Å². The molecule has 7 heteroatoms. The van der Waals surface area contributed by atoms with Gasteiger partial charge in [-0.3, -0.25) is 9.35 Å². The lowest BCUT2D eigenvalue weighted by Gasteiger charge is -2.18. The molecule has 0 aromatic rings. The zero-order valence-electron chi connectivity index (χ0n) is 7.30. The highest BCUT2D eigenvalue weighted by atomic mass is 32.2. The lowest BCUT2D eigenvalue weighted by atomic mass is 10.4. The highest BCUT2D eigenvalue weighted by Crippen LogP contribution is 1.98. The Balaban J connectivity index is 4.05. The predicted octanol–water partition coefficient (Wildman–Crippen LogP) is 0.636. The summed E-state index contributed by atoms with van der Waals surface area (Å²) in [7, 11) is -4.00. The van der Waals surface area contributed by atoms with Gasteiger partial charge in [0.05, 0.1) is 5.75 Å². The maximum atomic E-state index is 10.8. The number of hydrogen-bond acceptors (Lipinski definition) is 3. The fourth-order valence-corrected chi connectivity index (χ4v) is 1.45. The van der Waals surface area contributed by atoms with E-state index in [1.165, 1.54) is 4.90 Å². The molecule has 0 spiro atoms. The van der Waals surface area contributed by atoms with Crippen LogP contribution in [0.1, 0.15) is 13.3 Å². The van der Waals surface area contributed by atoms with Crippen LogP contribution in [-0.2, 0) is 10.1 Å². The second-order valence-corrected chi connectivity index (χ2v) is 4.51. The molecule has 5 nitrogen and oxygen atoms in total. The van der Waals surface area contributed by atoms with Crippen LogP contribution in [0, 0.1) is 0 Å². The summed E-state index contributed by atoms with van der Waals surface area (Å²) in [6, 6.07) is 0. The van der Waals surface area contributed by atoms with Gasteiger partial charge in [-0.05, 0) is 6.42 Å². The number of hydrogen-bond donors (Lipinski definition) is 2. The normalized spacial score (nSPS) is 11.3. The van der Waals surface area contributed by atoms with Gasteiger partial charge < -0.3 is 4.90 Å². The van der Waals surface area contributed by atoms with Crippen molar-refractivity contribution >= 4 is 28.0 Å². The Morgan fingerprint density at radius 2 is 2.00 bits per heavy atom. The summed E-state index contributed by atoms with van der Waals surface area (Å²) >= 11 is 3.57. The van der Waals surface area contributed by atoms with Crippen molar-refractivity contribution in [3.05, 3.63) is 0 Å². The second-order valence-electron chi connectivity index (χ2n) is 2.56. The van der Waals surface area contributed by atoms with Crippen LogP contribution in [0.2, 0.25) is 0 Å². The summed E-state index contributed by atoms with van der Waals surface area (Å²) < 4.78 is 29.1. The van der Waals surface area contributed by atoms with Gasteiger partial charge in [-0.1, -0.05) is 19.6 Å². The van der Waals surface area contributed by atoms with Gasteiger partial charge in [0.15, 0.2) is 0 Å². The van der Waals surface area contributed by atoms with Crippen LogP contribution in [0.5, 0.6) is 0 Å². The van der Waals surface area contributed by atoms with Crippen LogP contribution in [0.25, 0.3) is 0 Å². The van der Waals surface area contributed by atoms with E-state index in [4.69, 9.17) is 4.55 Å². The monoisotopic (exact) mass is 227 g/mol. The maximum absolute atomic E-state index is 10.8. The molecule has 0 aromatic heterocycles. The summed E-state index contributed by atoms with van der Waals surface area (Å²) in [5.74, 6) is -0.445. The van der Waals surface area contributed by atoms with E-state index >= 15 is 0 Å². The Hall–Kier alpha value is -0.270. The van der Waals surface area contributed by atoms with Crippen LogP contribution in [0.4, 0.5) is 4.79 Å². The fraction of sp³-hybridized carbons (Fsp3) is 0.833. The van der Waals surface area contributed by atoms with Gasteiger partial charge in [-0.2, -0.15) is 8.42 Å². The van der Waals surface area contributed by atoms with Gasteiger partial charge in [0.1, 0.15) is 0 Å². The minimum absolute atomic E-state index is 0.0188. The zero-order chi connectivity index (χ0) is 10.5. The van der Waals surface area contributed by atoms with Gasteiger partial charge in [-0.25, -0.2) is 0 Å². The number of nitrogens with zero attached hydrogens (tertiary/aromatic N) is 1. The molecule has 0 aliphatic carbocycles. The molecular weight excluding hydrogens is 214 g/mol. The molecule has 0 heterocycles. The standard InChI is InChI=1S/C6H13NO4S2/c1-2-3-7(6(8)12)4-5-13(9,10)11/h2-5H2,1H3,(H,8,12)(H,9,10,11). The van der Waals surface area contributed by atoms with Crippen molar-refractivity contribution in [2.75, 3.05) is 18.8 Å². The smallest absolute Gasteiger partial charge is 0.278 e. The molecular formula is C6H13NO4S2. The number of thiol groups is 1. The summed E-state index contributed by atoms with van der Waals surface area (Å²) in [6.07, 6.45) is 0.720. The Labute approximate surface area is 83.3 Å². The number of carbonyl (C=O) groups excluding carboxylic acids is 1. The van der Waals surface area contributed by atoms with Crippen LogP contribution >= 0.6 is 12.6 Å². The molecule has 0 radical (unpaired) electrons. The number of rotatable bonds is 5. The third kappa shape index (κ3) is 6.85. The molecule has 0 saturated heterocycles. The molecule has 0 saturated carbocycles. The fourth-order valence-electron chi connectivity index (χ4n) is 0.799. The molecule has 0 aliphatic rings. The van der Waals surface area contributed by atoms with E-state index in [2.05, 4.69) is 12.6 Å². The van der Waals surface area contributed by atoms with Crippen LogP contribution in [0.15, 0.2) is 0 Å². The summed E-state index contributed by atoms with van der Waals surface area (Å²) in [4.78, 5) is 12.0. The summed E-state index contributed by atoms with van der Waals surface area (Å²) in [5.41, 5.74) is 0. The second kappa shape index (κ2) is 5.46. The average Bonchev–Trinajstić information content (AvgIpc) is 1.95. The third-order valence-corrected chi connectivity index (χ3v) is 2.36. The first-order chi connectivity index (χ1) is 5.87. The summed E-state index contributed by atoms with van der Waals surface area (Å²) in [6.45, 7) is 2.28. The van der Waals surface area contributed by atoms with Crippen molar-refractivity contribution in [1.29, 1.82) is 0 Å². The van der Waals surface area contributed by atoms with Crippen molar-refractivity contribution in [3.63, 3.8) is 0 Å². The topological polar surface area (TPSA) is 74.7 Å². The Morgan fingerprint density at radius 3 is 2.31 bits per heavy atom.